The number of nitrogens with two attached hydrogens (primary N) is 1. The molecular weight excluding hydrogens is 334 g/mol. The van der Waals surface area contributed by atoms with E-state index < -0.39 is 35.9 Å². The van der Waals surface area contributed by atoms with Crippen LogP contribution in [0.4, 0.5) is 0 Å². The van der Waals surface area contributed by atoms with Crippen LogP contribution >= 0.6 is 12.6 Å². The smallest absolute Gasteiger partial charge is 0.326 e. The van der Waals surface area contributed by atoms with Crippen molar-refractivity contribution in [3.63, 3.8) is 0 Å². The summed E-state index contributed by atoms with van der Waals surface area (Å²) in [7, 11) is 0. The van der Waals surface area contributed by atoms with Gasteiger partial charge in [-0.3, -0.25) is 9.59 Å². The van der Waals surface area contributed by atoms with Gasteiger partial charge in [0.2, 0.25) is 11.8 Å². The molecule has 1 aromatic rings. The maximum Gasteiger partial charge on any atom is 0.326 e. The van der Waals surface area contributed by atoms with Gasteiger partial charge < -0.3 is 26.5 Å². The van der Waals surface area contributed by atoms with E-state index in [1.54, 1.807) is 13.8 Å². The number of hydrogen-bond donors (Lipinski definition) is 6. The van der Waals surface area contributed by atoms with Crippen molar-refractivity contribution < 1.29 is 19.5 Å². The Morgan fingerprint density at radius 3 is 2.46 bits per heavy atom. The van der Waals surface area contributed by atoms with E-state index >= 15 is 0 Å². The van der Waals surface area contributed by atoms with Crippen molar-refractivity contribution in [1.29, 1.82) is 0 Å². The van der Waals surface area contributed by atoms with Gasteiger partial charge >= 0.3 is 5.97 Å². The van der Waals surface area contributed by atoms with E-state index in [4.69, 9.17) is 5.73 Å². The summed E-state index contributed by atoms with van der Waals surface area (Å²) in [6.07, 6.45) is 3.09. The molecule has 1 heterocycles. The lowest BCUT2D eigenvalue weighted by Crippen LogP contribution is -2.56. The normalized spacial score (nSPS) is 14.7. The third kappa shape index (κ3) is 5.85. The number of aromatic amines is 1. The number of rotatable bonds is 9. The van der Waals surface area contributed by atoms with Crippen LogP contribution in [0.15, 0.2) is 12.5 Å². The molecule has 1 aromatic heterocycles. The highest BCUT2D eigenvalue weighted by molar-refractivity contribution is 7.80. The van der Waals surface area contributed by atoms with Crippen molar-refractivity contribution in [3.8, 4) is 0 Å². The van der Waals surface area contributed by atoms with Crippen molar-refractivity contribution >= 4 is 30.4 Å². The van der Waals surface area contributed by atoms with Crippen LogP contribution in [0, 0.1) is 5.92 Å². The molecule has 0 fully saturated rings. The number of carboxylic acid groups (broad SMARTS) is 1. The van der Waals surface area contributed by atoms with Gasteiger partial charge in [-0.15, -0.1) is 0 Å². The molecule has 2 amide bonds. The summed E-state index contributed by atoms with van der Waals surface area (Å²) in [6.45, 7) is 3.36. The predicted molar refractivity (Wildman–Crippen MR) is 90.5 cm³/mol. The molecule has 0 unspecified atom stereocenters. The minimum absolute atomic E-state index is 0.119. The van der Waals surface area contributed by atoms with Gasteiger partial charge in [0.25, 0.3) is 0 Å². The fourth-order valence-electron chi connectivity index (χ4n) is 1.95. The molecule has 6 N–H and O–H groups in total. The molecule has 0 aliphatic rings. The summed E-state index contributed by atoms with van der Waals surface area (Å²) in [6, 6.07) is -2.91. The molecule has 1 rings (SSSR count). The van der Waals surface area contributed by atoms with Crippen molar-refractivity contribution in [1.82, 2.24) is 20.6 Å². The molecule has 0 aliphatic carbocycles. The number of aliphatic carboxylic acids is 1. The number of imidazole rings is 1. The number of carbonyl (C=O) groups is 3. The fourth-order valence-corrected chi connectivity index (χ4v) is 2.12. The lowest BCUT2D eigenvalue weighted by atomic mass is 10.0. The summed E-state index contributed by atoms with van der Waals surface area (Å²) >= 11 is 3.95. The first-order valence-electron chi connectivity index (χ1n) is 7.43. The Labute approximate surface area is 145 Å². The van der Waals surface area contributed by atoms with Gasteiger partial charge in [0.15, 0.2) is 0 Å². The average molecular weight is 357 g/mol. The molecule has 0 aliphatic heterocycles. The number of amides is 2. The van der Waals surface area contributed by atoms with E-state index in [-0.39, 0.29) is 18.1 Å². The summed E-state index contributed by atoms with van der Waals surface area (Å²) in [5.74, 6) is -2.48. The molecule has 9 nitrogen and oxygen atoms in total. The van der Waals surface area contributed by atoms with Crippen LogP contribution in [-0.4, -0.2) is 56.7 Å². The van der Waals surface area contributed by atoms with Crippen LogP contribution in [0.2, 0.25) is 0 Å². The minimum Gasteiger partial charge on any atom is -0.480 e. The maximum atomic E-state index is 12.5. The quantitative estimate of drug-likeness (QED) is 0.309. The van der Waals surface area contributed by atoms with E-state index in [0.29, 0.717) is 5.69 Å². The monoisotopic (exact) mass is 357 g/mol. The predicted octanol–water partition coefficient (Wildman–Crippen LogP) is -1.08. The molecule has 10 heteroatoms. The second-order valence-corrected chi connectivity index (χ2v) is 6.06. The number of H-pyrrole nitrogens is 1. The molecule has 0 bridgehead atoms. The first-order chi connectivity index (χ1) is 11.3. The Kier molecular flexibility index (Phi) is 7.72. The Morgan fingerprint density at radius 2 is 2.00 bits per heavy atom. The third-order valence-electron chi connectivity index (χ3n) is 3.38. The Morgan fingerprint density at radius 1 is 1.33 bits per heavy atom. The van der Waals surface area contributed by atoms with Gasteiger partial charge in [-0.05, 0) is 5.92 Å². The molecule has 24 heavy (non-hydrogen) atoms. The second kappa shape index (κ2) is 9.28. The number of nitrogens with zero attached hydrogens (tertiary/aromatic N) is 1. The zero-order chi connectivity index (χ0) is 18.3. The van der Waals surface area contributed by atoms with Gasteiger partial charge in [0, 0.05) is 24.1 Å². The van der Waals surface area contributed by atoms with Gasteiger partial charge in [0.05, 0.1) is 12.4 Å². The number of carbonyl (C=O) groups excluding carboxylic acids is 2. The van der Waals surface area contributed by atoms with E-state index in [1.807, 2.05) is 0 Å². The number of carboxylic acids is 1. The van der Waals surface area contributed by atoms with Gasteiger partial charge in [-0.2, -0.15) is 12.6 Å². The summed E-state index contributed by atoms with van der Waals surface area (Å²) in [4.78, 5) is 42.3. The number of hydrogen-bond acceptors (Lipinski definition) is 6. The Balaban J connectivity index is 2.88. The van der Waals surface area contributed by atoms with Gasteiger partial charge in [-0.1, -0.05) is 13.8 Å². The van der Waals surface area contributed by atoms with Crippen molar-refractivity contribution in [2.24, 2.45) is 11.7 Å². The second-order valence-electron chi connectivity index (χ2n) is 5.70. The first-order valence-corrected chi connectivity index (χ1v) is 8.06. The zero-order valence-electron chi connectivity index (χ0n) is 13.5. The van der Waals surface area contributed by atoms with Crippen LogP contribution < -0.4 is 16.4 Å². The average Bonchev–Trinajstić information content (AvgIpc) is 3.03. The standard InChI is InChI=1S/C14H23N5O4S/c1-7(2)11(14(22)23)19-13(21)10(3-8-4-16-6-17-8)18-12(20)9(15)5-24/h4,6-7,9-11,24H,3,5,15H2,1-2H3,(H,16,17)(H,18,20)(H,19,21)(H,22,23)/t9-,10-,11-/m0/s1. The lowest BCUT2D eigenvalue weighted by molar-refractivity contribution is -0.143. The van der Waals surface area contributed by atoms with Crippen LogP contribution in [0.1, 0.15) is 19.5 Å². The lowest BCUT2D eigenvalue weighted by Gasteiger charge is -2.23. The van der Waals surface area contributed by atoms with Crippen molar-refractivity contribution in [3.05, 3.63) is 18.2 Å². The maximum absolute atomic E-state index is 12.5. The molecule has 0 saturated carbocycles. The van der Waals surface area contributed by atoms with Crippen LogP contribution in [0.25, 0.3) is 0 Å². The molecule has 134 valence electrons. The number of aromatic nitrogens is 2. The number of thiol groups is 1. The molecule has 0 aromatic carbocycles. The first kappa shape index (κ1) is 20.0. The Hall–Kier alpha value is -2.07. The van der Waals surface area contributed by atoms with E-state index in [2.05, 4.69) is 33.2 Å². The highest BCUT2D eigenvalue weighted by Crippen LogP contribution is 2.05. The van der Waals surface area contributed by atoms with Crippen molar-refractivity contribution in [2.45, 2.75) is 38.4 Å². The van der Waals surface area contributed by atoms with Crippen molar-refractivity contribution in [2.75, 3.05) is 5.75 Å². The van der Waals surface area contributed by atoms with E-state index in [0.717, 1.165) is 0 Å². The topological polar surface area (TPSA) is 150 Å². The molecular formula is C14H23N5O4S. The molecule has 0 saturated heterocycles. The summed E-state index contributed by atoms with van der Waals surface area (Å²) in [5, 5.41) is 14.2. The molecule has 3 atom stereocenters. The molecule has 0 spiro atoms. The van der Waals surface area contributed by atoms with Gasteiger partial charge in [0.1, 0.15) is 12.1 Å². The SMILES string of the molecule is CC(C)[C@H](NC(=O)[C@H](Cc1cnc[nH]1)NC(=O)[C@@H](N)CS)C(=O)O. The zero-order valence-corrected chi connectivity index (χ0v) is 14.4. The molecule has 0 radical (unpaired) electrons. The van der Waals surface area contributed by atoms with E-state index in [9.17, 15) is 19.5 Å². The third-order valence-corrected chi connectivity index (χ3v) is 3.77. The van der Waals surface area contributed by atoms with Crippen LogP contribution in [0.5, 0.6) is 0 Å². The van der Waals surface area contributed by atoms with E-state index in [1.165, 1.54) is 12.5 Å². The minimum atomic E-state index is -1.14. The fraction of sp³-hybridized carbons (Fsp3) is 0.571. The number of nitrogens with one attached hydrogen (secondary N) is 3. The van der Waals surface area contributed by atoms with Crippen LogP contribution in [-0.2, 0) is 20.8 Å². The van der Waals surface area contributed by atoms with Crippen LogP contribution in [0.3, 0.4) is 0 Å². The van der Waals surface area contributed by atoms with Gasteiger partial charge in [-0.25, -0.2) is 9.78 Å². The largest absolute Gasteiger partial charge is 0.480 e. The highest BCUT2D eigenvalue weighted by atomic mass is 32.1. The summed E-state index contributed by atoms with van der Waals surface area (Å²) in [5.41, 5.74) is 6.22. The Bertz CT molecular complexity index is 564. The highest BCUT2D eigenvalue weighted by Gasteiger charge is 2.29. The summed E-state index contributed by atoms with van der Waals surface area (Å²) < 4.78 is 0.